The van der Waals surface area contributed by atoms with Crippen molar-refractivity contribution in [3.05, 3.63) is 35.4 Å². The quantitative estimate of drug-likeness (QED) is 0.828. The van der Waals surface area contributed by atoms with Gasteiger partial charge in [-0.3, -0.25) is 14.4 Å². The van der Waals surface area contributed by atoms with Gasteiger partial charge in [0.25, 0.3) is 5.91 Å². The van der Waals surface area contributed by atoms with Crippen molar-refractivity contribution in [3.63, 3.8) is 0 Å². The molecule has 0 spiro atoms. The molecule has 1 heterocycles. The number of carbonyl (C=O) groups is 3. The van der Waals surface area contributed by atoms with E-state index in [2.05, 4.69) is 0 Å². The van der Waals surface area contributed by atoms with Gasteiger partial charge in [0.05, 0.1) is 0 Å². The minimum Gasteiger partial charge on any atom is -0.480 e. The van der Waals surface area contributed by atoms with Gasteiger partial charge in [0.1, 0.15) is 6.54 Å². The van der Waals surface area contributed by atoms with Crippen molar-refractivity contribution in [2.75, 3.05) is 19.6 Å². The van der Waals surface area contributed by atoms with Crippen LogP contribution in [0, 0.1) is 5.92 Å². The van der Waals surface area contributed by atoms with Gasteiger partial charge in [-0.05, 0) is 30.0 Å². The van der Waals surface area contributed by atoms with Crippen LogP contribution in [-0.4, -0.2) is 52.3 Å². The molecule has 1 N–H and O–H groups in total. The van der Waals surface area contributed by atoms with Crippen LogP contribution in [0.5, 0.6) is 0 Å². The summed E-state index contributed by atoms with van der Waals surface area (Å²) >= 11 is 0. The van der Waals surface area contributed by atoms with Crippen LogP contribution < -0.4 is 0 Å². The molecular weight excluding hydrogens is 308 g/mol. The Morgan fingerprint density at radius 2 is 1.92 bits per heavy atom. The number of carboxylic acid groups (broad SMARTS) is 1. The van der Waals surface area contributed by atoms with Crippen LogP contribution in [0.1, 0.15) is 42.6 Å². The highest BCUT2D eigenvalue weighted by Crippen LogP contribution is 2.15. The number of benzene rings is 1. The molecule has 1 aliphatic heterocycles. The van der Waals surface area contributed by atoms with E-state index in [0.29, 0.717) is 25.1 Å². The lowest BCUT2D eigenvalue weighted by molar-refractivity contribution is -0.137. The summed E-state index contributed by atoms with van der Waals surface area (Å²) in [5, 5.41) is 8.99. The third-order valence-corrected chi connectivity index (χ3v) is 3.94. The molecule has 0 aliphatic carbocycles. The molecule has 6 nitrogen and oxygen atoms in total. The minimum atomic E-state index is -1.02. The van der Waals surface area contributed by atoms with Crippen molar-refractivity contribution >= 4 is 17.8 Å². The van der Waals surface area contributed by atoms with Crippen molar-refractivity contribution in [2.24, 2.45) is 5.92 Å². The van der Waals surface area contributed by atoms with Crippen LogP contribution in [0.3, 0.4) is 0 Å². The molecule has 0 radical (unpaired) electrons. The first-order valence-electron chi connectivity index (χ1n) is 8.24. The van der Waals surface area contributed by atoms with Gasteiger partial charge in [-0.2, -0.15) is 0 Å². The second kappa shape index (κ2) is 7.95. The Morgan fingerprint density at radius 1 is 1.25 bits per heavy atom. The number of rotatable bonds is 7. The number of carbonyl (C=O) groups excluding carboxylic acids is 2. The Morgan fingerprint density at radius 3 is 2.42 bits per heavy atom. The average molecular weight is 332 g/mol. The molecule has 2 amide bonds. The van der Waals surface area contributed by atoms with Gasteiger partial charge in [0.15, 0.2) is 0 Å². The molecule has 0 bridgehead atoms. The summed E-state index contributed by atoms with van der Waals surface area (Å²) in [5.41, 5.74) is 1.43. The Balaban J connectivity index is 2.05. The highest BCUT2D eigenvalue weighted by molar-refractivity contribution is 5.95. The molecule has 1 aromatic carbocycles. The van der Waals surface area contributed by atoms with E-state index in [1.807, 2.05) is 30.9 Å². The van der Waals surface area contributed by atoms with Gasteiger partial charge in [0, 0.05) is 31.6 Å². The van der Waals surface area contributed by atoms with Crippen LogP contribution in [0.15, 0.2) is 24.3 Å². The van der Waals surface area contributed by atoms with Crippen molar-refractivity contribution in [3.8, 4) is 0 Å². The summed E-state index contributed by atoms with van der Waals surface area (Å²) in [4.78, 5) is 38.3. The maximum Gasteiger partial charge on any atom is 0.323 e. The summed E-state index contributed by atoms with van der Waals surface area (Å²) in [6, 6.07) is 7.06. The normalized spacial score (nSPS) is 14.3. The molecule has 0 unspecified atom stereocenters. The van der Waals surface area contributed by atoms with Gasteiger partial charge in [-0.1, -0.05) is 26.0 Å². The molecule has 2 rings (SSSR count). The smallest absolute Gasteiger partial charge is 0.323 e. The van der Waals surface area contributed by atoms with E-state index in [0.717, 1.165) is 18.5 Å². The third-order valence-electron chi connectivity index (χ3n) is 3.94. The third kappa shape index (κ3) is 4.81. The van der Waals surface area contributed by atoms with E-state index in [-0.39, 0.29) is 24.3 Å². The molecule has 130 valence electrons. The second-order valence-electron chi connectivity index (χ2n) is 6.59. The number of hydrogen-bond acceptors (Lipinski definition) is 3. The lowest BCUT2D eigenvalue weighted by Crippen LogP contribution is -2.38. The van der Waals surface area contributed by atoms with Crippen LogP contribution in [-0.2, 0) is 16.1 Å². The number of likely N-dealkylation sites (tertiary alicyclic amines) is 1. The maximum absolute atomic E-state index is 12.5. The zero-order valence-electron chi connectivity index (χ0n) is 14.2. The Labute approximate surface area is 142 Å². The summed E-state index contributed by atoms with van der Waals surface area (Å²) in [6.07, 6.45) is 1.50. The van der Waals surface area contributed by atoms with Gasteiger partial charge < -0.3 is 14.9 Å². The molecule has 1 aliphatic rings. The van der Waals surface area contributed by atoms with Crippen LogP contribution >= 0.6 is 0 Å². The predicted octanol–water partition coefficient (Wildman–Crippen LogP) is 1.99. The van der Waals surface area contributed by atoms with E-state index in [4.69, 9.17) is 5.11 Å². The van der Waals surface area contributed by atoms with Crippen LogP contribution in [0.25, 0.3) is 0 Å². The monoisotopic (exact) mass is 332 g/mol. The molecule has 1 aromatic rings. The lowest BCUT2D eigenvalue weighted by Gasteiger charge is -2.23. The van der Waals surface area contributed by atoms with Gasteiger partial charge in [-0.25, -0.2) is 0 Å². The van der Waals surface area contributed by atoms with E-state index in [1.54, 1.807) is 12.1 Å². The van der Waals surface area contributed by atoms with Crippen molar-refractivity contribution in [1.82, 2.24) is 9.80 Å². The van der Waals surface area contributed by atoms with E-state index in [9.17, 15) is 14.4 Å². The largest absolute Gasteiger partial charge is 0.480 e. The highest BCUT2D eigenvalue weighted by Gasteiger charge is 2.21. The van der Waals surface area contributed by atoms with Gasteiger partial charge in [-0.15, -0.1) is 0 Å². The molecule has 1 saturated heterocycles. The van der Waals surface area contributed by atoms with Crippen molar-refractivity contribution < 1.29 is 19.5 Å². The summed E-state index contributed by atoms with van der Waals surface area (Å²) in [7, 11) is 0. The Kier molecular flexibility index (Phi) is 5.95. The lowest BCUT2D eigenvalue weighted by atomic mass is 10.1. The van der Waals surface area contributed by atoms with Crippen LogP contribution in [0.4, 0.5) is 0 Å². The zero-order chi connectivity index (χ0) is 17.7. The summed E-state index contributed by atoms with van der Waals surface area (Å²) < 4.78 is 0. The molecule has 0 aromatic heterocycles. The molecule has 24 heavy (non-hydrogen) atoms. The standard InChI is InChI=1S/C18H24N2O4/c1-13(2)10-20(12-17(22)23)18(24)15-7-5-14(6-8-15)11-19-9-3-4-16(19)21/h5-8,13H,3-4,9-12H2,1-2H3,(H,22,23). The first-order chi connectivity index (χ1) is 11.4. The Bertz CT molecular complexity index is 610. The Hall–Kier alpha value is -2.37. The molecule has 6 heteroatoms. The number of hydrogen-bond donors (Lipinski definition) is 1. The number of aliphatic carboxylic acids is 1. The fourth-order valence-corrected chi connectivity index (χ4v) is 2.85. The van der Waals surface area contributed by atoms with Gasteiger partial charge >= 0.3 is 5.97 Å². The SMILES string of the molecule is CC(C)CN(CC(=O)O)C(=O)c1ccc(CN2CCCC2=O)cc1. The van der Waals surface area contributed by atoms with E-state index < -0.39 is 5.97 Å². The summed E-state index contributed by atoms with van der Waals surface area (Å²) in [5.74, 6) is -0.948. The topological polar surface area (TPSA) is 77.9 Å². The summed E-state index contributed by atoms with van der Waals surface area (Å²) in [6.45, 7) is 5.31. The second-order valence-corrected chi connectivity index (χ2v) is 6.59. The van der Waals surface area contributed by atoms with Crippen molar-refractivity contribution in [2.45, 2.75) is 33.2 Å². The predicted molar refractivity (Wildman–Crippen MR) is 89.5 cm³/mol. The molecule has 0 saturated carbocycles. The van der Waals surface area contributed by atoms with E-state index >= 15 is 0 Å². The maximum atomic E-state index is 12.5. The first kappa shape index (κ1) is 18.0. The minimum absolute atomic E-state index is 0.166. The van der Waals surface area contributed by atoms with Gasteiger partial charge in [0.2, 0.25) is 5.91 Å². The number of nitrogens with zero attached hydrogens (tertiary/aromatic N) is 2. The number of amides is 2. The fraction of sp³-hybridized carbons (Fsp3) is 0.500. The molecule has 0 atom stereocenters. The van der Waals surface area contributed by atoms with Crippen LogP contribution in [0.2, 0.25) is 0 Å². The molecule has 1 fully saturated rings. The highest BCUT2D eigenvalue weighted by atomic mass is 16.4. The van der Waals surface area contributed by atoms with Crippen molar-refractivity contribution in [1.29, 1.82) is 0 Å². The average Bonchev–Trinajstić information content (AvgIpc) is 2.91. The first-order valence-corrected chi connectivity index (χ1v) is 8.24. The zero-order valence-corrected chi connectivity index (χ0v) is 14.2. The molecular formula is C18H24N2O4. The fourth-order valence-electron chi connectivity index (χ4n) is 2.85. The van der Waals surface area contributed by atoms with E-state index in [1.165, 1.54) is 4.90 Å². The number of carboxylic acids is 1.